The molecule has 0 rings (SSSR count). The first-order valence-electron chi connectivity index (χ1n) is 3.47. The van der Waals surface area contributed by atoms with E-state index < -0.39 is 24.1 Å². The van der Waals surface area contributed by atoms with Crippen LogP contribution in [-0.2, 0) is 14.4 Å². The number of aliphatic carboxylic acids is 2. The highest BCUT2D eigenvalue weighted by atomic mass is 16.4. The fourth-order valence-electron chi connectivity index (χ4n) is 0.503. The Kier molecular flexibility index (Phi) is 9.04. The molecule has 0 unspecified atom stereocenters. The zero-order valence-electron chi connectivity index (χ0n) is 7.15. The Hall–Kier alpha value is -1.65. The number of hydrogen-bond donors (Lipinski definition) is 2. The Morgan fingerprint density at radius 2 is 1.38 bits per heavy atom. The molecule has 0 fully saturated rings. The van der Waals surface area contributed by atoms with Crippen molar-refractivity contribution in [2.45, 2.75) is 19.3 Å². The molecule has 2 N–H and O–H groups in total. The maximum atomic E-state index is 10.5. The first kappa shape index (κ1) is 13.9. The van der Waals surface area contributed by atoms with Crippen LogP contribution in [0.25, 0.3) is 0 Å². The van der Waals surface area contributed by atoms with E-state index in [2.05, 4.69) is 13.2 Å². The highest BCUT2D eigenvalue weighted by Gasteiger charge is 2.08. The van der Waals surface area contributed by atoms with Crippen molar-refractivity contribution in [3.63, 3.8) is 0 Å². The second-order valence-corrected chi connectivity index (χ2v) is 2.00. The summed E-state index contributed by atoms with van der Waals surface area (Å²) in [6.07, 6.45) is -1.10. The molecule has 0 aromatic rings. The average Bonchev–Trinajstić information content (AvgIpc) is 2.03. The summed E-state index contributed by atoms with van der Waals surface area (Å²) < 4.78 is 0. The molecule has 5 nitrogen and oxygen atoms in total. The Labute approximate surface area is 75.7 Å². The van der Waals surface area contributed by atoms with E-state index in [1.807, 2.05) is 0 Å². The maximum absolute atomic E-state index is 10.5. The quantitative estimate of drug-likeness (QED) is 0.489. The van der Waals surface area contributed by atoms with Crippen molar-refractivity contribution in [1.29, 1.82) is 0 Å². The van der Waals surface area contributed by atoms with Gasteiger partial charge >= 0.3 is 11.9 Å². The minimum atomic E-state index is -1.22. The number of rotatable bonds is 5. The van der Waals surface area contributed by atoms with Crippen LogP contribution in [0.5, 0.6) is 0 Å². The van der Waals surface area contributed by atoms with Crippen LogP contribution in [-0.4, -0.2) is 27.9 Å². The standard InChI is InChI=1S/C6H8O5.C2H4/c7-4(3-6(10)11)1-2-5(8)9;1-2/h1-3H2,(H,8,9)(H,10,11);1-2H2. The van der Waals surface area contributed by atoms with Crippen LogP contribution in [0.4, 0.5) is 0 Å². The van der Waals surface area contributed by atoms with E-state index in [1.165, 1.54) is 0 Å². The van der Waals surface area contributed by atoms with Crippen molar-refractivity contribution in [2.24, 2.45) is 0 Å². The molecule has 74 valence electrons. The molecular weight excluding hydrogens is 176 g/mol. The number of carboxylic acids is 2. The summed E-state index contributed by atoms with van der Waals surface area (Å²) in [6, 6.07) is 0. The van der Waals surface area contributed by atoms with Crippen molar-refractivity contribution in [3.05, 3.63) is 13.2 Å². The van der Waals surface area contributed by atoms with Crippen LogP contribution < -0.4 is 0 Å². The summed E-state index contributed by atoms with van der Waals surface area (Å²) in [5.41, 5.74) is 0. The van der Waals surface area contributed by atoms with Gasteiger partial charge in [-0.1, -0.05) is 0 Å². The second-order valence-electron chi connectivity index (χ2n) is 2.00. The number of ketones is 1. The van der Waals surface area contributed by atoms with E-state index in [9.17, 15) is 14.4 Å². The van der Waals surface area contributed by atoms with Gasteiger partial charge < -0.3 is 10.2 Å². The lowest BCUT2D eigenvalue weighted by Gasteiger charge is -1.92. The largest absolute Gasteiger partial charge is 0.481 e. The van der Waals surface area contributed by atoms with Crippen molar-refractivity contribution < 1.29 is 24.6 Å². The summed E-state index contributed by atoms with van der Waals surface area (Å²) in [4.78, 5) is 30.3. The lowest BCUT2D eigenvalue weighted by atomic mass is 10.2. The molecule has 5 heteroatoms. The monoisotopic (exact) mass is 188 g/mol. The molecule has 0 heterocycles. The van der Waals surface area contributed by atoms with Crippen molar-refractivity contribution in [1.82, 2.24) is 0 Å². The van der Waals surface area contributed by atoms with E-state index in [1.54, 1.807) is 0 Å². The first-order chi connectivity index (χ1) is 6.02. The highest BCUT2D eigenvalue weighted by molar-refractivity contribution is 5.95. The number of carbonyl (C=O) groups excluding carboxylic acids is 1. The molecule has 0 spiro atoms. The fourth-order valence-corrected chi connectivity index (χ4v) is 0.503. The van der Waals surface area contributed by atoms with Crippen LogP contribution in [0.3, 0.4) is 0 Å². The van der Waals surface area contributed by atoms with Gasteiger partial charge in [0, 0.05) is 6.42 Å². The third-order valence-corrected chi connectivity index (χ3v) is 0.966. The molecule has 0 atom stereocenters. The molecule has 0 saturated heterocycles. The molecule has 0 aromatic heterocycles. The molecule has 0 aromatic carbocycles. The Balaban J connectivity index is 0. The summed E-state index contributed by atoms with van der Waals surface area (Å²) >= 11 is 0. The molecule has 0 bridgehead atoms. The molecule has 13 heavy (non-hydrogen) atoms. The van der Waals surface area contributed by atoms with Gasteiger partial charge in [-0.05, 0) is 0 Å². The molecular formula is C8H12O5. The summed E-state index contributed by atoms with van der Waals surface area (Å²) in [6.45, 7) is 6.00. The van der Waals surface area contributed by atoms with Gasteiger partial charge in [0.25, 0.3) is 0 Å². The molecule has 0 aliphatic rings. The van der Waals surface area contributed by atoms with Gasteiger partial charge in [0.05, 0.1) is 6.42 Å². The lowest BCUT2D eigenvalue weighted by molar-refractivity contribution is -0.142. The predicted molar refractivity (Wildman–Crippen MR) is 45.4 cm³/mol. The summed E-state index contributed by atoms with van der Waals surface area (Å²) in [5, 5.41) is 16.2. The number of carboxylic acid groups (broad SMARTS) is 2. The SMILES string of the molecule is C=C.O=C(O)CCC(=O)CC(=O)O. The molecule has 0 aliphatic heterocycles. The molecule has 0 saturated carbocycles. The van der Waals surface area contributed by atoms with Gasteiger partial charge in [-0.25, -0.2) is 0 Å². The van der Waals surface area contributed by atoms with Gasteiger partial charge in [0.1, 0.15) is 12.2 Å². The van der Waals surface area contributed by atoms with Crippen molar-refractivity contribution >= 4 is 17.7 Å². The minimum absolute atomic E-state index is 0.207. The van der Waals surface area contributed by atoms with E-state index in [0.29, 0.717) is 0 Å². The minimum Gasteiger partial charge on any atom is -0.481 e. The first-order valence-corrected chi connectivity index (χ1v) is 3.47. The van der Waals surface area contributed by atoms with Gasteiger partial charge in [-0.3, -0.25) is 14.4 Å². The van der Waals surface area contributed by atoms with Crippen LogP contribution in [0, 0.1) is 0 Å². The van der Waals surface area contributed by atoms with Crippen LogP contribution in [0.15, 0.2) is 13.2 Å². The normalized spacial score (nSPS) is 8.00. The van der Waals surface area contributed by atoms with Crippen LogP contribution in [0.1, 0.15) is 19.3 Å². The Morgan fingerprint density at radius 1 is 0.923 bits per heavy atom. The van der Waals surface area contributed by atoms with E-state index in [-0.39, 0.29) is 12.8 Å². The van der Waals surface area contributed by atoms with Crippen LogP contribution >= 0.6 is 0 Å². The van der Waals surface area contributed by atoms with Gasteiger partial charge in [-0.2, -0.15) is 0 Å². The predicted octanol–water partition coefficient (Wildman–Crippen LogP) is 0.697. The van der Waals surface area contributed by atoms with Crippen molar-refractivity contribution in [3.8, 4) is 0 Å². The lowest BCUT2D eigenvalue weighted by Crippen LogP contribution is -2.08. The Bertz CT molecular complexity index is 197. The van der Waals surface area contributed by atoms with Gasteiger partial charge in [0.15, 0.2) is 0 Å². The van der Waals surface area contributed by atoms with Gasteiger partial charge in [0.2, 0.25) is 0 Å². The number of Topliss-reactive ketones (excluding diaryl/α,β-unsaturated/α-hetero) is 1. The topological polar surface area (TPSA) is 91.7 Å². The third kappa shape index (κ3) is 13.4. The fraction of sp³-hybridized carbons (Fsp3) is 0.375. The van der Waals surface area contributed by atoms with E-state index in [4.69, 9.17) is 10.2 Å². The van der Waals surface area contributed by atoms with Crippen molar-refractivity contribution in [2.75, 3.05) is 0 Å². The van der Waals surface area contributed by atoms with E-state index in [0.717, 1.165) is 0 Å². The van der Waals surface area contributed by atoms with Gasteiger partial charge in [-0.15, -0.1) is 13.2 Å². The second kappa shape index (κ2) is 8.45. The number of hydrogen-bond acceptors (Lipinski definition) is 3. The highest BCUT2D eigenvalue weighted by Crippen LogP contribution is 1.94. The Morgan fingerprint density at radius 3 is 1.69 bits per heavy atom. The third-order valence-electron chi connectivity index (χ3n) is 0.966. The smallest absolute Gasteiger partial charge is 0.310 e. The molecule has 0 amide bonds. The zero-order chi connectivity index (χ0) is 10.9. The zero-order valence-corrected chi connectivity index (χ0v) is 7.15. The summed E-state index contributed by atoms with van der Waals surface area (Å²) in [5.74, 6) is -2.87. The molecule has 0 aliphatic carbocycles. The van der Waals surface area contributed by atoms with E-state index >= 15 is 0 Å². The molecule has 0 radical (unpaired) electrons. The van der Waals surface area contributed by atoms with Crippen LogP contribution in [0.2, 0.25) is 0 Å². The average molecular weight is 188 g/mol. The summed E-state index contributed by atoms with van der Waals surface area (Å²) in [7, 11) is 0. The number of carbonyl (C=O) groups is 3. The maximum Gasteiger partial charge on any atom is 0.310 e.